The van der Waals surface area contributed by atoms with Crippen LogP contribution in [0.1, 0.15) is 63.3 Å². The van der Waals surface area contributed by atoms with Crippen LogP contribution in [-0.4, -0.2) is 23.3 Å². The van der Waals surface area contributed by atoms with Gasteiger partial charge in [-0.1, -0.05) is 33.6 Å². The number of hydrogen-bond acceptors (Lipinski definition) is 4. The molecule has 0 bridgehead atoms. The number of rotatable bonds is 5. The first-order valence-corrected chi connectivity index (χ1v) is 8.44. The van der Waals surface area contributed by atoms with Gasteiger partial charge >= 0.3 is 0 Å². The minimum atomic E-state index is 0.548. The lowest BCUT2D eigenvalue weighted by Gasteiger charge is -2.37. The minimum Gasteiger partial charge on any atom is -0.355 e. The average Bonchev–Trinajstić information content (AvgIpc) is 2.52. The van der Waals surface area contributed by atoms with Gasteiger partial charge in [0.1, 0.15) is 0 Å². The van der Waals surface area contributed by atoms with Crippen molar-refractivity contribution >= 4 is 5.82 Å². The second kappa shape index (κ2) is 7.21. The van der Waals surface area contributed by atoms with Crippen LogP contribution in [-0.2, 0) is 19.4 Å². The average molecular weight is 290 g/mol. The molecule has 1 aromatic heterocycles. The third-order valence-electron chi connectivity index (χ3n) is 5.04. The Morgan fingerprint density at radius 1 is 1.10 bits per heavy atom. The van der Waals surface area contributed by atoms with Crippen LogP contribution in [0.15, 0.2) is 0 Å². The van der Waals surface area contributed by atoms with Crippen LogP contribution in [0.3, 0.4) is 0 Å². The van der Waals surface area contributed by atoms with Crippen molar-refractivity contribution in [3.05, 3.63) is 16.8 Å². The van der Waals surface area contributed by atoms with E-state index in [9.17, 15) is 0 Å². The van der Waals surface area contributed by atoms with E-state index < -0.39 is 0 Å². The molecule has 1 saturated carbocycles. The smallest absolute Gasteiger partial charge is 0.156 e. The topological polar surface area (TPSA) is 55.0 Å². The monoisotopic (exact) mass is 290 g/mol. The van der Waals surface area contributed by atoms with Crippen molar-refractivity contribution in [1.82, 2.24) is 10.2 Å². The molecule has 0 radical (unpaired) electrons. The van der Waals surface area contributed by atoms with Gasteiger partial charge in [0.2, 0.25) is 0 Å². The van der Waals surface area contributed by atoms with E-state index in [1.54, 1.807) is 0 Å². The maximum absolute atomic E-state index is 6.06. The summed E-state index contributed by atoms with van der Waals surface area (Å²) in [6.07, 6.45) is 7.14. The molecule has 4 heteroatoms. The summed E-state index contributed by atoms with van der Waals surface area (Å²) in [5.74, 6) is 1.72. The molecule has 4 nitrogen and oxygen atoms in total. The van der Waals surface area contributed by atoms with E-state index in [1.165, 1.54) is 36.8 Å². The summed E-state index contributed by atoms with van der Waals surface area (Å²) in [7, 11) is 2.17. The van der Waals surface area contributed by atoms with E-state index in [-0.39, 0.29) is 0 Å². The highest BCUT2D eigenvalue weighted by Crippen LogP contribution is 2.32. The summed E-state index contributed by atoms with van der Waals surface area (Å²) in [6.45, 7) is 7.22. The zero-order valence-electron chi connectivity index (χ0n) is 14.0. The van der Waals surface area contributed by atoms with Crippen LogP contribution in [0, 0.1) is 5.92 Å². The fourth-order valence-electron chi connectivity index (χ4n) is 3.77. The summed E-state index contributed by atoms with van der Waals surface area (Å²) in [5.41, 5.74) is 9.67. The number of nitrogens with zero attached hydrogens (tertiary/aromatic N) is 3. The first-order valence-electron chi connectivity index (χ1n) is 8.44. The number of aryl methyl sites for hydroxylation is 1. The first-order chi connectivity index (χ1) is 10.1. The van der Waals surface area contributed by atoms with Gasteiger partial charge in [0.25, 0.3) is 0 Å². The molecule has 1 aromatic rings. The van der Waals surface area contributed by atoms with E-state index >= 15 is 0 Å². The molecular formula is C17H30N4. The number of anilines is 1. The summed E-state index contributed by atoms with van der Waals surface area (Å²) < 4.78 is 0. The van der Waals surface area contributed by atoms with Crippen molar-refractivity contribution in [2.45, 2.75) is 71.9 Å². The SMILES string of the molecule is CCc1nnc(N(C)C2CCCCC2C)c(CN)c1CC. The van der Waals surface area contributed by atoms with Gasteiger partial charge in [-0.15, -0.1) is 5.10 Å². The van der Waals surface area contributed by atoms with Gasteiger partial charge in [-0.05, 0) is 37.2 Å². The normalized spacial score (nSPS) is 22.3. The molecule has 2 N–H and O–H groups in total. The fourth-order valence-corrected chi connectivity index (χ4v) is 3.77. The van der Waals surface area contributed by atoms with Crippen molar-refractivity contribution in [1.29, 1.82) is 0 Å². The standard InChI is InChI=1S/C17H30N4/c1-5-13-14(11-18)17(20-19-15(13)6-2)21(4)16-10-8-7-9-12(16)3/h12,16H,5-11,18H2,1-4H3. The summed E-state index contributed by atoms with van der Waals surface area (Å²) in [5, 5.41) is 9.00. The van der Waals surface area contributed by atoms with Crippen LogP contribution in [0.5, 0.6) is 0 Å². The molecule has 2 unspecified atom stereocenters. The van der Waals surface area contributed by atoms with Crippen LogP contribution < -0.4 is 10.6 Å². The molecular weight excluding hydrogens is 260 g/mol. The minimum absolute atomic E-state index is 0.548. The summed E-state index contributed by atoms with van der Waals surface area (Å²) >= 11 is 0. The lowest BCUT2D eigenvalue weighted by molar-refractivity contribution is 0.320. The maximum atomic E-state index is 6.06. The maximum Gasteiger partial charge on any atom is 0.156 e. The van der Waals surface area contributed by atoms with Crippen molar-refractivity contribution in [3.63, 3.8) is 0 Å². The molecule has 1 aliphatic rings. The third-order valence-corrected chi connectivity index (χ3v) is 5.04. The highest BCUT2D eigenvalue weighted by Gasteiger charge is 2.28. The van der Waals surface area contributed by atoms with E-state index in [4.69, 9.17) is 5.73 Å². The summed E-state index contributed by atoms with van der Waals surface area (Å²) in [6, 6.07) is 0.565. The molecule has 0 aliphatic heterocycles. The molecule has 1 aliphatic carbocycles. The zero-order valence-corrected chi connectivity index (χ0v) is 14.0. The highest BCUT2D eigenvalue weighted by atomic mass is 15.3. The fraction of sp³-hybridized carbons (Fsp3) is 0.765. The van der Waals surface area contributed by atoms with Gasteiger partial charge in [0.15, 0.2) is 5.82 Å². The molecule has 0 aromatic carbocycles. The Hall–Kier alpha value is -1.16. The van der Waals surface area contributed by atoms with Crippen LogP contribution in [0.25, 0.3) is 0 Å². The third kappa shape index (κ3) is 3.20. The Morgan fingerprint density at radius 3 is 2.38 bits per heavy atom. The largest absolute Gasteiger partial charge is 0.355 e. The number of aromatic nitrogens is 2. The van der Waals surface area contributed by atoms with Gasteiger partial charge in [0.05, 0.1) is 5.69 Å². The molecule has 1 heterocycles. The van der Waals surface area contributed by atoms with E-state index in [0.29, 0.717) is 18.5 Å². The van der Waals surface area contributed by atoms with E-state index in [1.807, 2.05) is 0 Å². The number of hydrogen-bond donors (Lipinski definition) is 1. The Balaban J connectivity index is 2.38. The molecule has 2 rings (SSSR count). The number of nitrogens with two attached hydrogens (primary N) is 1. The van der Waals surface area contributed by atoms with Crippen molar-refractivity contribution in [2.24, 2.45) is 11.7 Å². The highest BCUT2D eigenvalue weighted by molar-refractivity contribution is 5.51. The summed E-state index contributed by atoms with van der Waals surface area (Å²) in [4.78, 5) is 2.34. The second-order valence-corrected chi connectivity index (χ2v) is 6.28. The molecule has 118 valence electrons. The van der Waals surface area contributed by atoms with E-state index in [0.717, 1.165) is 24.4 Å². The van der Waals surface area contributed by atoms with Gasteiger partial charge in [0, 0.05) is 25.2 Å². The Kier molecular flexibility index (Phi) is 5.57. The van der Waals surface area contributed by atoms with Gasteiger partial charge < -0.3 is 10.6 Å². The first kappa shape index (κ1) is 16.2. The molecule has 0 saturated heterocycles. The second-order valence-electron chi connectivity index (χ2n) is 6.28. The lowest BCUT2D eigenvalue weighted by atomic mass is 9.85. The molecule has 1 fully saturated rings. The predicted octanol–water partition coefficient (Wildman–Crippen LogP) is 3.08. The molecule has 0 amide bonds. The Labute approximate surface area is 129 Å². The quantitative estimate of drug-likeness (QED) is 0.905. The van der Waals surface area contributed by atoms with E-state index in [2.05, 4.69) is 42.9 Å². The van der Waals surface area contributed by atoms with Crippen LogP contribution in [0.2, 0.25) is 0 Å². The zero-order chi connectivity index (χ0) is 15.4. The lowest BCUT2D eigenvalue weighted by Crippen LogP contribution is -2.40. The molecule has 21 heavy (non-hydrogen) atoms. The van der Waals surface area contributed by atoms with Crippen LogP contribution >= 0.6 is 0 Å². The van der Waals surface area contributed by atoms with Crippen molar-refractivity contribution in [2.75, 3.05) is 11.9 Å². The van der Waals surface area contributed by atoms with Gasteiger partial charge in [-0.25, -0.2) is 0 Å². The van der Waals surface area contributed by atoms with Crippen molar-refractivity contribution in [3.8, 4) is 0 Å². The predicted molar refractivity (Wildman–Crippen MR) is 88.5 cm³/mol. The Morgan fingerprint density at radius 2 is 1.81 bits per heavy atom. The Bertz CT molecular complexity index is 472. The van der Waals surface area contributed by atoms with Crippen LogP contribution in [0.4, 0.5) is 5.82 Å². The molecule has 2 atom stereocenters. The van der Waals surface area contributed by atoms with Gasteiger partial charge in [-0.2, -0.15) is 5.10 Å². The van der Waals surface area contributed by atoms with Crippen molar-refractivity contribution < 1.29 is 0 Å². The molecule has 0 spiro atoms. The van der Waals surface area contributed by atoms with Gasteiger partial charge in [-0.3, -0.25) is 0 Å².